The van der Waals surface area contributed by atoms with E-state index >= 15 is 0 Å². The molecule has 2 aromatic carbocycles. The maximum atomic E-state index is 9.55. The van der Waals surface area contributed by atoms with Gasteiger partial charge in [0.1, 0.15) is 5.75 Å². The zero-order valence-electron chi connectivity index (χ0n) is 15.3. The molecule has 140 valence electrons. The highest BCUT2D eigenvalue weighted by Gasteiger charge is 2.08. The maximum absolute atomic E-state index is 9.55. The van der Waals surface area contributed by atoms with Crippen molar-refractivity contribution in [1.82, 2.24) is 4.90 Å². The van der Waals surface area contributed by atoms with Gasteiger partial charge in [0, 0.05) is 24.3 Å². The van der Waals surface area contributed by atoms with Crippen molar-refractivity contribution in [3.05, 3.63) is 54.1 Å². The van der Waals surface area contributed by atoms with E-state index in [9.17, 15) is 9.59 Å². The summed E-state index contributed by atoms with van der Waals surface area (Å²) in [6.45, 7) is 4.31. The van der Waals surface area contributed by atoms with Crippen LogP contribution in [0.2, 0.25) is 0 Å². The van der Waals surface area contributed by atoms with Crippen LogP contribution < -0.4 is 4.74 Å². The Labute approximate surface area is 153 Å². The summed E-state index contributed by atoms with van der Waals surface area (Å²) in [5, 5.41) is 18.2. The van der Waals surface area contributed by atoms with Gasteiger partial charge in [-0.15, -0.1) is 0 Å². The minimum Gasteiger partial charge on any atom is -0.496 e. The SMILES string of the molecule is CCN(C)CCc1c(OC)ccc2ccccc12.O=C(O)/C=C/C(=O)O. The van der Waals surface area contributed by atoms with Gasteiger partial charge < -0.3 is 19.8 Å². The summed E-state index contributed by atoms with van der Waals surface area (Å²) in [5.74, 6) is -1.52. The zero-order chi connectivity index (χ0) is 19.5. The Morgan fingerprint density at radius 2 is 1.69 bits per heavy atom. The third-order valence-electron chi connectivity index (χ3n) is 3.87. The Morgan fingerprint density at radius 3 is 2.23 bits per heavy atom. The molecule has 0 bridgehead atoms. The fourth-order valence-corrected chi connectivity index (χ4v) is 2.37. The molecule has 0 aliphatic carbocycles. The van der Waals surface area contributed by atoms with Gasteiger partial charge in [0.15, 0.2) is 0 Å². The lowest BCUT2D eigenvalue weighted by atomic mass is 10.0. The van der Waals surface area contributed by atoms with Crippen molar-refractivity contribution in [2.24, 2.45) is 0 Å². The molecule has 0 aromatic heterocycles. The minimum atomic E-state index is -1.26. The molecule has 0 saturated heterocycles. The maximum Gasteiger partial charge on any atom is 0.328 e. The number of methoxy groups -OCH3 is 1. The van der Waals surface area contributed by atoms with Crippen molar-refractivity contribution in [1.29, 1.82) is 0 Å². The molecule has 2 aromatic rings. The Balaban J connectivity index is 0.000000359. The van der Waals surface area contributed by atoms with Crippen LogP contribution in [0.1, 0.15) is 12.5 Å². The summed E-state index contributed by atoms with van der Waals surface area (Å²) < 4.78 is 5.50. The van der Waals surface area contributed by atoms with Crippen LogP contribution in [0.5, 0.6) is 5.75 Å². The molecule has 0 unspecified atom stereocenters. The van der Waals surface area contributed by atoms with Gasteiger partial charge in [-0.2, -0.15) is 0 Å². The summed E-state index contributed by atoms with van der Waals surface area (Å²) in [6.07, 6.45) is 2.14. The first kappa shape index (κ1) is 21.2. The molecular weight excluding hydrogens is 334 g/mol. The second kappa shape index (κ2) is 10.9. The van der Waals surface area contributed by atoms with Gasteiger partial charge in [0.05, 0.1) is 7.11 Å². The molecule has 0 saturated carbocycles. The number of fused-ring (bicyclic) bond motifs is 1. The first-order chi connectivity index (χ1) is 12.4. The molecule has 0 spiro atoms. The molecule has 26 heavy (non-hydrogen) atoms. The first-order valence-corrected chi connectivity index (χ1v) is 8.26. The van der Waals surface area contributed by atoms with Gasteiger partial charge in [-0.05, 0) is 36.9 Å². The molecule has 0 aliphatic heterocycles. The van der Waals surface area contributed by atoms with E-state index in [2.05, 4.69) is 55.3 Å². The predicted molar refractivity (Wildman–Crippen MR) is 102 cm³/mol. The normalized spacial score (nSPS) is 10.6. The number of nitrogens with zero attached hydrogens (tertiary/aromatic N) is 1. The van der Waals surface area contributed by atoms with Gasteiger partial charge in [-0.3, -0.25) is 0 Å². The topological polar surface area (TPSA) is 87.1 Å². The van der Waals surface area contributed by atoms with Crippen LogP contribution >= 0.6 is 0 Å². The van der Waals surface area contributed by atoms with Crippen molar-refractivity contribution >= 4 is 22.7 Å². The number of rotatable bonds is 7. The quantitative estimate of drug-likeness (QED) is 0.739. The number of carboxylic acids is 2. The lowest BCUT2D eigenvalue weighted by Gasteiger charge is -2.16. The summed E-state index contributed by atoms with van der Waals surface area (Å²) in [4.78, 5) is 21.4. The fraction of sp³-hybridized carbons (Fsp3) is 0.300. The van der Waals surface area contributed by atoms with Crippen LogP contribution in [-0.2, 0) is 16.0 Å². The predicted octanol–water partition coefficient (Wildman–Crippen LogP) is 3.05. The van der Waals surface area contributed by atoms with E-state index in [0.29, 0.717) is 12.2 Å². The Kier molecular flexibility index (Phi) is 8.87. The second-order valence-electron chi connectivity index (χ2n) is 5.62. The molecule has 6 heteroatoms. The Morgan fingerprint density at radius 1 is 1.08 bits per heavy atom. The average Bonchev–Trinajstić information content (AvgIpc) is 2.64. The van der Waals surface area contributed by atoms with Crippen LogP contribution in [-0.4, -0.2) is 54.3 Å². The Hall–Kier alpha value is -2.86. The van der Waals surface area contributed by atoms with E-state index in [1.54, 1.807) is 7.11 Å². The molecule has 2 rings (SSSR count). The van der Waals surface area contributed by atoms with Crippen LogP contribution in [0.25, 0.3) is 10.8 Å². The van der Waals surface area contributed by atoms with Crippen LogP contribution in [0.3, 0.4) is 0 Å². The average molecular weight is 359 g/mol. The molecule has 0 atom stereocenters. The van der Waals surface area contributed by atoms with E-state index in [-0.39, 0.29) is 0 Å². The van der Waals surface area contributed by atoms with Gasteiger partial charge in [-0.25, -0.2) is 9.59 Å². The Bertz CT molecular complexity index is 754. The summed E-state index contributed by atoms with van der Waals surface area (Å²) in [5.41, 5.74) is 1.32. The van der Waals surface area contributed by atoms with Gasteiger partial charge in [0.25, 0.3) is 0 Å². The standard InChI is InChI=1S/C16H21NO.C4H4O4/c1-4-17(2)12-11-15-14-8-6-5-7-13(14)9-10-16(15)18-3;5-3(6)1-2-4(7)8/h5-10H,4,11-12H2,1-3H3;1-2H,(H,5,6)(H,7,8)/b;2-1+. The molecule has 2 N–H and O–H groups in total. The van der Waals surface area contributed by atoms with Crippen molar-refractivity contribution in [3.63, 3.8) is 0 Å². The van der Waals surface area contributed by atoms with E-state index in [4.69, 9.17) is 14.9 Å². The highest BCUT2D eigenvalue weighted by atomic mass is 16.5. The van der Waals surface area contributed by atoms with Gasteiger partial charge in [0.2, 0.25) is 0 Å². The first-order valence-electron chi connectivity index (χ1n) is 8.26. The van der Waals surface area contributed by atoms with Gasteiger partial charge >= 0.3 is 11.9 Å². The second-order valence-corrected chi connectivity index (χ2v) is 5.62. The van der Waals surface area contributed by atoms with Crippen molar-refractivity contribution in [2.75, 3.05) is 27.2 Å². The lowest BCUT2D eigenvalue weighted by Crippen LogP contribution is -2.20. The van der Waals surface area contributed by atoms with E-state index in [0.717, 1.165) is 25.3 Å². The van der Waals surface area contributed by atoms with Crippen LogP contribution in [0, 0.1) is 0 Å². The van der Waals surface area contributed by atoms with Crippen LogP contribution in [0.15, 0.2) is 48.6 Å². The minimum absolute atomic E-state index is 0.558. The number of carbonyl (C=O) groups is 2. The number of aliphatic carboxylic acids is 2. The smallest absolute Gasteiger partial charge is 0.328 e. The summed E-state index contributed by atoms with van der Waals surface area (Å²) in [6, 6.07) is 12.7. The number of hydrogen-bond acceptors (Lipinski definition) is 4. The molecule has 0 heterocycles. The number of benzene rings is 2. The fourth-order valence-electron chi connectivity index (χ4n) is 2.37. The number of likely N-dealkylation sites (N-methyl/N-ethyl adjacent to an activating group) is 1. The molecule has 0 radical (unpaired) electrons. The molecular formula is C20H25NO5. The largest absolute Gasteiger partial charge is 0.496 e. The number of carboxylic acid groups (broad SMARTS) is 2. The lowest BCUT2D eigenvalue weighted by molar-refractivity contribution is -0.134. The van der Waals surface area contributed by atoms with Crippen molar-refractivity contribution in [3.8, 4) is 5.75 Å². The van der Waals surface area contributed by atoms with Crippen LogP contribution in [0.4, 0.5) is 0 Å². The molecule has 6 nitrogen and oxygen atoms in total. The number of hydrogen-bond donors (Lipinski definition) is 2. The van der Waals surface area contributed by atoms with Gasteiger partial charge in [-0.1, -0.05) is 37.3 Å². The van der Waals surface area contributed by atoms with Crippen molar-refractivity contribution in [2.45, 2.75) is 13.3 Å². The summed E-state index contributed by atoms with van der Waals surface area (Å²) in [7, 11) is 3.90. The van der Waals surface area contributed by atoms with Crippen molar-refractivity contribution < 1.29 is 24.5 Å². The zero-order valence-corrected chi connectivity index (χ0v) is 15.3. The highest BCUT2D eigenvalue weighted by molar-refractivity contribution is 5.89. The molecule has 0 fully saturated rings. The monoisotopic (exact) mass is 359 g/mol. The molecule has 0 aliphatic rings. The van der Waals surface area contributed by atoms with E-state index < -0.39 is 11.9 Å². The third-order valence-corrected chi connectivity index (χ3v) is 3.87. The molecule has 0 amide bonds. The summed E-state index contributed by atoms with van der Waals surface area (Å²) >= 11 is 0. The third kappa shape index (κ3) is 6.94. The number of ether oxygens (including phenoxy) is 1. The highest BCUT2D eigenvalue weighted by Crippen LogP contribution is 2.28. The van der Waals surface area contributed by atoms with E-state index in [1.807, 2.05) is 0 Å². The van der Waals surface area contributed by atoms with E-state index in [1.165, 1.54) is 16.3 Å².